The van der Waals surface area contributed by atoms with Gasteiger partial charge in [-0.2, -0.15) is 0 Å². The zero-order chi connectivity index (χ0) is 16.8. The highest BCUT2D eigenvalue weighted by atomic mass is 127. The molecule has 0 spiro atoms. The fourth-order valence-corrected chi connectivity index (χ4v) is 3.16. The Labute approximate surface area is 167 Å². The van der Waals surface area contributed by atoms with Crippen molar-refractivity contribution in [3.63, 3.8) is 0 Å². The van der Waals surface area contributed by atoms with E-state index in [1.807, 2.05) is 6.07 Å². The number of nitrogens with two attached hydrogens (primary N) is 1. The number of nitrogens with zero attached hydrogens (tertiary/aromatic N) is 2. The molecule has 1 aliphatic carbocycles. The molecular formula is C20H27IN4. The summed E-state index contributed by atoms with van der Waals surface area (Å²) >= 11 is 0. The van der Waals surface area contributed by atoms with Gasteiger partial charge in [-0.1, -0.05) is 24.3 Å². The Morgan fingerprint density at radius 1 is 1.12 bits per heavy atom. The molecule has 0 radical (unpaired) electrons. The minimum absolute atomic E-state index is 0. The first-order chi connectivity index (χ1) is 11.7. The van der Waals surface area contributed by atoms with Gasteiger partial charge in [0.1, 0.15) is 0 Å². The van der Waals surface area contributed by atoms with Crippen molar-refractivity contribution in [1.29, 1.82) is 0 Å². The zero-order valence-electron chi connectivity index (χ0n) is 14.7. The van der Waals surface area contributed by atoms with Crippen LogP contribution in [0.4, 0.5) is 11.4 Å². The number of nitrogens with one attached hydrogen (secondary N) is 1. The summed E-state index contributed by atoms with van der Waals surface area (Å²) in [5, 5.41) is 3.21. The molecule has 3 N–H and O–H groups in total. The molecule has 0 aliphatic heterocycles. The Kier molecular flexibility index (Phi) is 7.55. The normalized spacial score (nSPS) is 13.1. The minimum Gasteiger partial charge on any atom is -0.375 e. The molecule has 0 heterocycles. The van der Waals surface area contributed by atoms with E-state index in [0.717, 1.165) is 25.2 Å². The Bertz CT molecular complexity index is 700. The van der Waals surface area contributed by atoms with Crippen LogP contribution in [0.3, 0.4) is 0 Å². The predicted molar refractivity (Wildman–Crippen MR) is 118 cm³/mol. The zero-order valence-corrected chi connectivity index (χ0v) is 17.1. The fraction of sp³-hybridized carbons (Fsp3) is 0.350. The van der Waals surface area contributed by atoms with Crippen molar-refractivity contribution < 1.29 is 0 Å². The molecule has 2 aromatic carbocycles. The third kappa shape index (κ3) is 5.63. The van der Waals surface area contributed by atoms with Crippen molar-refractivity contribution in [2.75, 3.05) is 30.4 Å². The number of hydrogen-bond donors (Lipinski definition) is 2. The molecule has 25 heavy (non-hydrogen) atoms. The van der Waals surface area contributed by atoms with Crippen LogP contribution in [-0.2, 0) is 12.8 Å². The van der Waals surface area contributed by atoms with Gasteiger partial charge in [-0.05, 0) is 61.1 Å². The molecular weight excluding hydrogens is 423 g/mol. The van der Waals surface area contributed by atoms with Crippen molar-refractivity contribution in [2.24, 2.45) is 10.7 Å². The molecule has 0 unspecified atom stereocenters. The predicted octanol–water partition coefficient (Wildman–Crippen LogP) is 4.05. The molecule has 0 aromatic heterocycles. The van der Waals surface area contributed by atoms with E-state index in [2.05, 4.69) is 64.7 Å². The van der Waals surface area contributed by atoms with E-state index in [1.165, 1.54) is 36.1 Å². The minimum atomic E-state index is 0. The number of benzene rings is 2. The summed E-state index contributed by atoms with van der Waals surface area (Å²) in [7, 11) is 2.10. The number of guanidine groups is 1. The van der Waals surface area contributed by atoms with Crippen LogP contribution >= 0.6 is 24.0 Å². The Balaban J connectivity index is 0.00000225. The fourth-order valence-electron chi connectivity index (χ4n) is 3.16. The average Bonchev–Trinajstić information content (AvgIpc) is 3.07. The van der Waals surface area contributed by atoms with Crippen LogP contribution in [0.1, 0.15) is 24.0 Å². The van der Waals surface area contributed by atoms with Gasteiger partial charge in [0.15, 0.2) is 5.96 Å². The summed E-state index contributed by atoms with van der Waals surface area (Å²) in [5.41, 5.74) is 11.2. The smallest absolute Gasteiger partial charge is 0.193 e. The lowest BCUT2D eigenvalue weighted by Gasteiger charge is -2.18. The van der Waals surface area contributed by atoms with Crippen LogP contribution in [-0.4, -0.2) is 26.1 Å². The van der Waals surface area contributed by atoms with Crippen molar-refractivity contribution in [3.8, 4) is 0 Å². The molecule has 1 aliphatic rings. The molecule has 134 valence electrons. The van der Waals surface area contributed by atoms with Crippen LogP contribution in [0.5, 0.6) is 0 Å². The van der Waals surface area contributed by atoms with Crippen LogP contribution in [0, 0.1) is 0 Å². The highest BCUT2D eigenvalue weighted by Crippen LogP contribution is 2.24. The molecule has 5 heteroatoms. The molecule has 0 saturated carbocycles. The Hall–Kier alpha value is -1.76. The molecule has 0 saturated heterocycles. The number of para-hydroxylation sites is 1. The van der Waals surface area contributed by atoms with E-state index in [-0.39, 0.29) is 24.0 Å². The van der Waals surface area contributed by atoms with E-state index >= 15 is 0 Å². The van der Waals surface area contributed by atoms with Gasteiger partial charge in [0.25, 0.3) is 0 Å². The van der Waals surface area contributed by atoms with Gasteiger partial charge in [-0.15, -0.1) is 24.0 Å². The second-order valence-electron chi connectivity index (χ2n) is 6.34. The van der Waals surface area contributed by atoms with Crippen molar-refractivity contribution >= 4 is 41.3 Å². The van der Waals surface area contributed by atoms with Gasteiger partial charge in [0, 0.05) is 31.5 Å². The number of aliphatic imine (C=N–C) groups is 1. The van der Waals surface area contributed by atoms with Gasteiger partial charge in [0.2, 0.25) is 0 Å². The van der Waals surface area contributed by atoms with E-state index < -0.39 is 0 Å². The summed E-state index contributed by atoms with van der Waals surface area (Å²) in [6, 6.07) is 16.9. The lowest BCUT2D eigenvalue weighted by molar-refractivity contribution is 0.795. The first kappa shape index (κ1) is 19.6. The second kappa shape index (κ2) is 9.65. The van der Waals surface area contributed by atoms with Crippen LogP contribution in [0.2, 0.25) is 0 Å². The SMILES string of the molecule is CN(CCCN=C(N)Nc1ccc2c(c1)CCC2)c1ccccc1.I. The van der Waals surface area contributed by atoms with E-state index in [0.29, 0.717) is 5.96 Å². The second-order valence-corrected chi connectivity index (χ2v) is 6.34. The third-order valence-corrected chi connectivity index (χ3v) is 4.50. The van der Waals surface area contributed by atoms with E-state index in [9.17, 15) is 0 Å². The molecule has 0 amide bonds. The number of anilines is 2. The first-order valence-electron chi connectivity index (χ1n) is 8.67. The van der Waals surface area contributed by atoms with Crippen molar-refractivity contribution in [1.82, 2.24) is 0 Å². The lowest BCUT2D eigenvalue weighted by Crippen LogP contribution is -2.24. The standard InChI is InChI=1S/C20H26N4.HI/c1-24(19-9-3-2-4-10-19)14-6-13-22-20(21)23-18-12-11-16-7-5-8-17(16)15-18;/h2-4,9-12,15H,5-8,13-14H2,1H3,(H3,21,22,23);1H. The van der Waals surface area contributed by atoms with Gasteiger partial charge in [-0.3, -0.25) is 4.99 Å². The lowest BCUT2D eigenvalue weighted by atomic mass is 10.1. The Morgan fingerprint density at radius 2 is 1.88 bits per heavy atom. The number of fused-ring (bicyclic) bond motifs is 1. The molecule has 0 fully saturated rings. The summed E-state index contributed by atoms with van der Waals surface area (Å²) in [4.78, 5) is 6.67. The number of halogens is 1. The summed E-state index contributed by atoms with van der Waals surface area (Å²) in [5.74, 6) is 0.496. The molecule has 4 nitrogen and oxygen atoms in total. The number of rotatable bonds is 6. The quantitative estimate of drug-likeness (QED) is 0.302. The summed E-state index contributed by atoms with van der Waals surface area (Å²) < 4.78 is 0. The summed E-state index contributed by atoms with van der Waals surface area (Å²) in [6.07, 6.45) is 4.61. The first-order valence-corrected chi connectivity index (χ1v) is 8.67. The molecule has 0 atom stereocenters. The largest absolute Gasteiger partial charge is 0.375 e. The van der Waals surface area contributed by atoms with Gasteiger partial charge < -0.3 is 16.0 Å². The molecule has 0 bridgehead atoms. The number of aryl methyl sites for hydroxylation is 2. The average molecular weight is 450 g/mol. The number of hydrogen-bond acceptors (Lipinski definition) is 2. The topological polar surface area (TPSA) is 53.6 Å². The van der Waals surface area contributed by atoms with Crippen molar-refractivity contribution in [2.45, 2.75) is 25.7 Å². The van der Waals surface area contributed by atoms with Gasteiger partial charge in [-0.25, -0.2) is 0 Å². The van der Waals surface area contributed by atoms with Gasteiger partial charge in [0.05, 0.1) is 0 Å². The molecule has 3 rings (SSSR count). The summed E-state index contributed by atoms with van der Waals surface area (Å²) in [6.45, 7) is 1.68. The van der Waals surface area contributed by atoms with Crippen LogP contribution < -0.4 is 16.0 Å². The van der Waals surface area contributed by atoms with Crippen molar-refractivity contribution in [3.05, 3.63) is 59.7 Å². The monoisotopic (exact) mass is 450 g/mol. The van der Waals surface area contributed by atoms with E-state index in [1.54, 1.807) is 0 Å². The van der Waals surface area contributed by atoms with Crippen LogP contribution in [0.25, 0.3) is 0 Å². The maximum atomic E-state index is 6.00. The maximum absolute atomic E-state index is 6.00. The maximum Gasteiger partial charge on any atom is 0.193 e. The highest BCUT2D eigenvalue weighted by Gasteiger charge is 2.10. The highest BCUT2D eigenvalue weighted by molar-refractivity contribution is 14.0. The van der Waals surface area contributed by atoms with Gasteiger partial charge >= 0.3 is 0 Å². The third-order valence-electron chi connectivity index (χ3n) is 4.50. The Morgan fingerprint density at radius 3 is 2.68 bits per heavy atom. The molecule has 2 aromatic rings. The van der Waals surface area contributed by atoms with Crippen LogP contribution in [0.15, 0.2) is 53.5 Å². The van der Waals surface area contributed by atoms with E-state index in [4.69, 9.17) is 5.73 Å².